The Balaban J connectivity index is 1.84. The smallest absolute Gasteiger partial charge is 0.125 e. The van der Waals surface area contributed by atoms with Crippen LogP contribution in [0.5, 0.6) is 0 Å². The van der Waals surface area contributed by atoms with Crippen molar-refractivity contribution in [1.29, 1.82) is 0 Å². The SMILES string of the molecule is C[P+]1(c2ccccc2)C(c2cccs2)=C2CCCCC2=C1c1cccs1. The molecule has 26 heavy (non-hydrogen) atoms. The molecule has 3 heteroatoms. The van der Waals surface area contributed by atoms with Gasteiger partial charge < -0.3 is 0 Å². The summed E-state index contributed by atoms with van der Waals surface area (Å²) in [6.07, 6.45) is 5.17. The number of hydrogen-bond acceptors (Lipinski definition) is 2. The van der Waals surface area contributed by atoms with Gasteiger partial charge in [-0.15, -0.1) is 22.7 Å². The lowest BCUT2D eigenvalue weighted by molar-refractivity contribution is 0.685. The summed E-state index contributed by atoms with van der Waals surface area (Å²) in [5.41, 5.74) is 3.36. The number of benzene rings is 1. The molecular formula is C23H22PS2+. The van der Waals surface area contributed by atoms with E-state index in [0.29, 0.717) is 0 Å². The average molecular weight is 394 g/mol. The Labute approximate surface area is 164 Å². The highest BCUT2D eigenvalue weighted by atomic mass is 32.1. The lowest BCUT2D eigenvalue weighted by Crippen LogP contribution is -2.11. The van der Waals surface area contributed by atoms with Crippen LogP contribution in [0.3, 0.4) is 0 Å². The molecule has 0 amide bonds. The van der Waals surface area contributed by atoms with E-state index >= 15 is 0 Å². The van der Waals surface area contributed by atoms with Crippen molar-refractivity contribution in [3.63, 3.8) is 0 Å². The van der Waals surface area contributed by atoms with Gasteiger partial charge in [0.25, 0.3) is 0 Å². The van der Waals surface area contributed by atoms with Crippen molar-refractivity contribution in [2.75, 3.05) is 6.66 Å². The summed E-state index contributed by atoms with van der Waals surface area (Å²) < 4.78 is 0. The van der Waals surface area contributed by atoms with Crippen LogP contribution in [-0.2, 0) is 0 Å². The van der Waals surface area contributed by atoms with Crippen molar-refractivity contribution in [3.8, 4) is 0 Å². The predicted molar refractivity (Wildman–Crippen MR) is 120 cm³/mol. The van der Waals surface area contributed by atoms with Crippen LogP contribution in [0.25, 0.3) is 10.6 Å². The van der Waals surface area contributed by atoms with E-state index in [9.17, 15) is 0 Å². The molecule has 0 spiro atoms. The van der Waals surface area contributed by atoms with Crippen molar-refractivity contribution in [3.05, 3.63) is 86.3 Å². The quantitative estimate of drug-likeness (QED) is 0.404. The first-order valence-corrected chi connectivity index (χ1v) is 13.3. The molecule has 3 heterocycles. The van der Waals surface area contributed by atoms with E-state index in [0.717, 1.165) is 0 Å². The van der Waals surface area contributed by atoms with Gasteiger partial charge in [-0.05, 0) is 60.7 Å². The minimum atomic E-state index is -1.60. The van der Waals surface area contributed by atoms with E-state index in [1.54, 1.807) is 21.8 Å². The summed E-state index contributed by atoms with van der Waals surface area (Å²) >= 11 is 3.84. The third-order valence-corrected chi connectivity index (χ3v) is 11.9. The van der Waals surface area contributed by atoms with Crippen LogP contribution >= 0.6 is 29.9 Å². The van der Waals surface area contributed by atoms with Gasteiger partial charge in [-0.2, -0.15) is 0 Å². The van der Waals surface area contributed by atoms with Crippen LogP contribution in [0.2, 0.25) is 0 Å². The zero-order valence-electron chi connectivity index (χ0n) is 14.9. The molecule has 1 aliphatic heterocycles. The molecule has 2 aromatic heterocycles. The second kappa shape index (κ2) is 6.60. The van der Waals surface area contributed by atoms with Gasteiger partial charge >= 0.3 is 0 Å². The Morgan fingerprint density at radius 2 is 1.23 bits per heavy atom. The average Bonchev–Trinajstić information content (AvgIpc) is 3.41. The first kappa shape index (κ1) is 16.7. The van der Waals surface area contributed by atoms with Gasteiger partial charge in [0.15, 0.2) is 0 Å². The molecule has 0 radical (unpaired) electrons. The van der Waals surface area contributed by atoms with Gasteiger partial charge in [-0.1, -0.05) is 30.3 Å². The van der Waals surface area contributed by atoms with E-state index in [1.807, 2.05) is 22.7 Å². The molecule has 5 rings (SSSR count). The molecule has 1 saturated carbocycles. The topological polar surface area (TPSA) is 0 Å². The Morgan fingerprint density at radius 3 is 1.69 bits per heavy atom. The molecule has 0 nitrogen and oxygen atoms in total. The number of thiophene rings is 2. The summed E-state index contributed by atoms with van der Waals surface area (Å²) in [5.74, 6) is 0. The fraction of sp³-hybridized carbons (Fsp3) is 0.217. The predicted octanol–water partition coefficient (Wildman–Crippen LogP) is 7.49. The summed E-state index contributed by atoms with van der Waals surface area (Å²) in [4.78, 5) is 2.98. The number of rotatable bonds is 3. The molecule has 1 fully saturated rings. The normalized spacial score (nSPS) is 19.1. The Morgan fingerprint density at radius 1 is 0.692 bits per heavy atom. The number of allylic oxidation sites excluding steroid dienone is 2. The van der Waals surface area contributed by atoms with Crippen LogP contribution in [-0.4, -0.2) is 6.66 Å². The zero-order chi connectivity index (χ0) is 17.6. The minimum absolute atomic E-state index is 1.25. The molecule has 130 valence electrons. The number of fused-ring (bicyclic) bond motifs is 1. The molecule has 0 saturated heterocycles. The van der Waals surface area contributed by atoms with Crippen LogP contribution in [0.1, 0.15) is 35.4 Å². The van der Waals surface area contributed by atoms with Crippen molar-refractivity contribution < 1.29 is 0 Å². The monoisotopic (exact) mass is 393 g/mol. The van der Waals surface area contributed by atoms with Crippen molar-refractivity contribution >= 4 is 45.9 Å². The molecule has 1 aliphatic carbocycles. The maximum absolute atomic E-state index is 2.57. The number of hydrogen-bond donors (Lipinski definition) is 0. The third kappa shape index (κ3) is 2.43. The van der Waals surface area contributed by atoms with Gasteiger partial charge in [0.1, 0.15) is 23.2 Å². The summed E-state index contributed by atoms with van der Waals surface area (Å²) in [6.45, 7) is 2.57. The van der Waals surface area contributed by atoms with Crippen molar-refractivity contribution in [2.24, 2.45) is 0 Å². The summed E-state index contributed by atoms with van der Waals surface area (Å²) in [5, 5.41) is 9.36. The Hall–Kier alpha value is -1.47. The Kier molecular flexibility index (Phi) is 4.24. The first-order chi connectivity index (χ1) is 12.8. The molecule has 0 unspecified atom stereocenters. The van der Waals surface area contributed by atoms with Gasteiger partial charge in [-0.3, -0.25) is 0 Å². The molecule has 3 aromatic rings. The van der Waals surface area contributed by atoms with Gasteiger partial charge in [-0.25, -0.2) is 0 Å². The van der Waals surface area contributed by atoms with E-state index in [2.05, 4.69) is 72.0 Å². The lowest BCUT2D eigenvalue weighted by Gasteiger charge is -2.23. The largest absolute Gasteiger partial charge is 0.140 e. The van der Waals surface area contributed by atoms with Gasteiger partial charge in [0, 0.05) is 11.1 Å². The van der Waals surface area contributed by atoms with E-state index in [-0.39, 0.29) is 0 Å². The van der Waals surface area contributed by atoms with E-state index in [1.165, 1.54) is 40.7 Å². The second-order valence-electron chi connectivity index (χ2n) is 7.16. The summed E-state index contributed by atoms with van der Waals surface area (Å²) in [7, 11) is -1.60. The molecule has 0 atom stereocenters. The van der Waals surface area contributed by atoms with E-state index < -0.39 is 7.26 Å². The molecule has 2 aliphatic rings. The summed E-state index contributed by atoms with van der Waals surface area (Å²) in [6, 6.07) is 20.4. The van der Waals surface area contributed by atoms with Crippen molar-refractivity contribution in [2.45, 2.75) is 25.7 Å². The first-order valence-electron chi connectivity index (χ1n) is 9.28. The van der Waals surface area contributed by atoms with Crippen molar-refractivity contribution in [1.82, 2.24) is 0 Å². The van der Waals surface area contributed by atoms with Crippen LogP contribution < -0.4 is 5.30 Å². The highest BCUT2D eigenvalue weighted by Crippen LogP contribution is 2.81. The van der Waals surface area contributed by atoms with E-state index in [4.69, 9.17) is 0 Å². The fourth-order valence-electron chi connectivity index (χ4n) is 4.63. The highest BCUT2D eigenvalue weighted by Gasteiger charge is 2.54. The lowest BCUT2D eigenvalue weighted by atomic mass is 9.88. The molecule has 1 aromatic carbocycles. The van der Waals surface area contributed by atoms with Crippen LogP contribution in [0.4, 0.5) is 0 Å². The maximum atomic E-state index is 2.57. The van der Waals surface area contributed by atoms with Gasteiger partial charge in [0.2, 0.25) is 0 Å². The van der Waals surface area contributed by atoms with Crippen LogP contribution in [0.15, 0.2) is 76.5 Å². The van der Waals surface area contributed by atoms with Gasteiger partial charge in [0.05, 0.1) is 16.4 Å². The second-order valence-corrected chi connectivity index (χ2v) is 12.5. The Bertz CT molecular complexity index is 916. The highest BCUT2D eigenvalue weighted by molar-refractivity contribution is 8.00. The third-order valence-electron chi connectivity index (χ3n) is 5.72. The fourth-order valence-corrected chi connectivity index (χ4v) is 11.5. The maximum Gasteiger partial charge on any atom is 0.125 e. The molecule has 0 N–H and O–H groups in total. The van der Waals surface area contributed by atoms with Crippen LogP contribution in [0, 0.1) is 0 Å². The zero-order valence-corrected chi connectivity index (χ0v) is 17.5. The molecular weight excluding hydrogens is 371 g/mol. The standard InChI is InChI=1S/C23H22PS2/c1-24(17-9-3-2-4-10-17)22(20-13-7-15-25-20)18-11-5-6-12-19(18)23(24)21-14-8-16-26-21/h2-4,7-10,13-16H,5-6,11-12H2,1H3/q+1. The molecule has 0 bridgehead atoms. The minimum Gasteiger partial charge on any atom is -0.140 e.